The summed E-state index contributed by atoms with van der Waals surface area (Å²) in [5.74, 6) is 0. The summed E-state index contributed by atoms with van der Waals surface area (Å²) in [5.41, 5.74) is 1.12. The van der Waals surface area contributed by atoms with Crippen molar-refractivity contribution in [2.75, 3.05) is 0 Å². The third kappa shape index (κ3) is 5.92. The second-order valence-corrected chi connectivity index (χ2v) is 14.0. The first-order valence-electron chi connectivity index (χ1n) is 10.8. The van der Waals surface area contributed by atoms with Crippen LogP contribution >= 0.6 is 7.92 Å². The van der Waals surface area contributed by atoms with Crippen molar-refractivity contribution < 1.29 is 4.21 Å². The molecule has 3 aromatic rings. The molecular weight excluding hydrogens is 417 g/mol. The van der Waals surface area contributed by atoms with E-state index in [1.54, 1.807) is 0 Å². The molecule has 0 radical (unpaired) electrons. The molecule has 0 spiro atoms. The summed E-state index contributed by atoms with van der Waals surface area (Å²) in [6.07, 6.45) is 0. The topological polar surface area (TPSA) is 29.1 Å². The molecule has 0 heterocycles. The Morgan fingerprint density at radius 3 is 1.61 bits per heavy atom. The van der Waals surface area contributed by atoms with E-state index in [1.165, 1.54) is 21.5 Å². The molecule has 3 aromatic carbocycles. The maximum atomic E-state index is 13.1. The molecule has 3 rings (SSSR count). The second kappa shape index (κ2) is 9.77. The van der Waals surface area contributed by atoms with Crippen LogP contribution in [0.3, 0.4) is 0 Å². The van der Waals surface area contributed by atoms with Gasteiger partial charge in [0.05, 0.1) is 15.7 Å². The van der Waals surface area contributed by atoms with Gasteiger partial charge in [-0.1, -0.05) is 106 Å². The van der Waals surface area contributed by atoms with Gasteiger partial charge >= 0.3 is 0 Å². The lowest BCUT2D eigenvalue weighted by atomic mass is 9.83. The Hall–Kier alpha value is -1.80. The quantitative estimate of drug-likeness (QED) is 0.487. The van der Waals surface area contributed by atoms with Gasteiger partial charge in [-0.15, -0.1) is 0 Å². The predicted molar refractivity (Wildman–Crippen MR) is 138 cm³/mol. The normalized spacial score (nSPS) is 14.4. The Bertz CT molecular complexity index is 967. The molecule has 0 amide bonds. The molecule has 0 saturated carbocycles. The van der Waals surface area contributed by atoms with E-state index in [2.05, 4.69) is 110 Å². The van der Waals surface area contributed by atoms with Crippen LogP contribution in [0.25, 0.3) is 0 Å². The molecule has 164 valence electrons. The molecule has 0 fully saturated rings. The van der Waals surface area contributed by atoms with Crippen molar-refractivity contribution in [3.05, 3.63) is 90.5 Å². The zero-order valence-corrected chi connectivity index (χ0v) is 21.1. The van der Waals surface area contributed by atoms with Gasteiger partial charge in [-0.3, -0.25) is 0 Å². The van der Waals surface area contributed by atoms with Crippen molar-refractivity contribution in [2.24, 2.45) is 5.41 Å². The highest BCUT2D eigenvalue weighted by Gasteiger charge is 2.34. The maximum Gasteiger partial charge on any atom is 0.0976 e. The fourth-order valence-electron chi connectivity index (χ4n) is 3.51. The lowest BCUT2D eigenvalue weighted by Gasteiger charge is -2.36. The predicted octanol–water partition coefficient (Wildman–Crippen LogP) is 5.58. The number of rotatable bonds is 6. The summed E-state index contributed by atoms with van der Waals surface area (Å²) < 4.78 is 16.3. The minimum atomic E-state index is -1.17. The molecule has 1 unspecified atom stereocenters. The van der Waals surface area contributed by atoms with E-state index in [0.717, 1.165) is 0 Å². The first-order valence-corrected chi connectivity index (χ1v) is 13.3. The van der Waals surface area contributed by atoms with E-state index in [9.17, 15) is 4.21 Å². The highest BCUT2D eigenvalue weighted by molar-refractivity contribution is 7.84. The van der Waals surface area contributed by atoms with E-state index in [-0.39, 0.29) is 16.2 Å². The summed E-state index contributed by atoms with van der Waals surface area (Å²) in [6.45, 7) is 12.7. The molecule has 0 saturated heterocycles. The number of nitrogens with one attached hydrogen (secondary N) is 1. The van der Waals surface area contributed by atoms with E-state index in [4.69, 9.17) is 0 Å². The Morgan fingerprint density at radius 2 is 1.16 bits per heavy atom. The standard InChI is InChI=1S/C27H34NOPS/c1-26(2,3)25(28-31(29)27(4,5)6)23-19-13-14-20-24(23)30(21-15-9-7-10-16-21)22-17-11-8-12-18-22/h7-20,25,28H,1-6H3/t25?,31-/m1/s1. The molecule has 0 aromatic heterocycles. The summed E-state index contributed by atoms with van der Waals surface area (Å²) in [5, 5.41) is 3.95. The zero-order chi connectivity index (χ0) is 22.6. The minimum Gasteiger partial charge on any atom is -0.242 e. The van der Waals surface area contributed by atoms with Gasteiger partial charge in [0.1, 0.15) is 0 Å². The first-order chi connectivity index (χ1) is 14.6. The van der Waals surface area contributed by atoms with Gasteiger partial charge in [0.2, 0.25) is 0 Å². The molecular formula is C27H34NOPS. The summed E-state index contributed by atoms with van der Waals surface area (Å²) in [4.78, 5) is 0. The van der Waals surface area contributed by atoms with Crippen LogP contribution in [0.15, 0.2) is 84.9 Å². The Morgan fingerprint density at radius 1 is 0.710 bits per heavy atom. The molecule has 2 atom stereocenters. The Balaban J connectivity index is 2.18. The van der Waals surface area contributed by atoms with Crippen LogP contribution in [0, 0.1) is 5.41 Å². The molecule has 0 aliphatic rings. The minimum absolute atomic E-state index is 0.0406. The molecule has 1 N–H and O–H groups in total. The number of hydrogen-bond donors (Lipinski definition) is 1. The SMILES string of the molecule is CC(C)(C)C(N[S@](=O)C(C)(C)C)c1ccccc1P(c1ccccc1)c1ccccc1. The summed E-state index contributed by atoms with van der Waals surface area (Å²) in [6, 6.07) is 30.1. The van der Waals surface area contributed by atoms with E-state index >= 15 is 0 Å². The number of benzene rings is 3. The molecule has 31 heavy (non-hydrogen) atoms. The van der Waals surface area contributed by atoms with Gasteiger partial charge in [0.25, 0.3) is 0 Å². The highest BCUT2D eigenvalue weighted by atomic mass is 32.2. The second-order valence-electron chi connectivity index (χ2n) is 9.86. The molecule has 0 aliphatic heterocycles. The zero-order valence-electron chi connectivity index (χ0n) is 19.4. The lowest BCUT2D eigenvalue weighted by Crippen LogP contribution is -2.42. The van der Waals surface area contributed by atoms with Crippen molar-refractivity contribution >= 4 is 34.8 Å². The van der Waals surface area contributed by atoms with Crippen LogP contribution in [-0.2, 0) is 11.0 Å². The lowest BCUT2D eigenvalue weighted by molar-refractivity contribution is 0.308. The van der Waals surface area contributed by atoms with E-state index in [1.807, 2.05) is 20.8 Å². The van der Waals surface area contributed by atoms with Gasteiger partial charge in [0.15, 0.2) is 0 Å². The van der Waals surface area contributed by atoms with Crippen LogP contribution in [0.2, 0.25) is 0 Å². The van der Waals surface area contributed by atoms with Crippen molar-refractivity contribution in [3.63, 3.8) is 0 Å². The van der Waals surface area contributed by atoms with Crippen LogP contribution < -0.4 is 20.6 Å². The van der Waals surface area contributed by atoms with Crippen LogP contribution in [0.1, 0.15) is 53.1 Å². The van der Waals surface area contributed by atoms with Crippen molar-refractivity contribution in [1.82, 2.24) is 4.72 Å². The first kappa shape index (κ1) is 23.9. The third-order valence-electron chi connectivity index (χ3n) is 5.16. The summed E-state index contributed by atoms with van der Waals surface area (Å²) >= 11 is 0. The maximum absolute atomic E-state index is 13.1. The average Bonchev–Trinajstić information content (AvgIpc) is 2.73. The molecule has 0 bridgehead atoms. The van der Waals surface area contributed by atoms with Crippen LogP contribution in [-0.4, -0.2) is 8.96 Å². The monoisotopic (exact) mass is 451 g/mol. The third-order valence-corrected chi connectivity index (χ3v) is 9.24. The van der Waals surface area contributed by atoms with E-state index < -0.39 is 18.9 Å². The van der Waals surface area contributed by atoms with Gasteiger partial charge in [-0.05, 0) is 55.6 Å². The van der Waals surface area contributed by atoms with Gasteiger partial charge in [-0.25, -0.2) is 8.93 Å². The van der Waals surface area contributed by atoms with Crippen molar-refractivity contribution in [1.29, 1.82) is 0 Å². The van der Waals surface area contributed by atoms with E-state index in [0.29, 0.717) is 0 Å². The fourth-order valence-corrected chi connectivity index (χ4v) is 7.05. The van der Waals surface area contributed by atoms with Crippen LogP contribution in [0.4, 0.5) is 0 Å². The molecule has 4 heteroatoms. The summed E-state index contributed by atoms with van der Waals surface area (Å²) in [7, 11) is -1.91. The largest absolute Gasteiger partial charge is 0.242 e. The Kier molecular flexibility index (Phi) is 7.52. The van der Waals surface area contributed by atoms with Crippen molar-refractivity contribution in [2.45, 2.75) is 52.3 Å². The smallest absolute Gasteiger partial charge is 0.0976 e. The molecule has 2 nitrogen and oxygen atoms in total. The number of hydrogen-bond acceptors (Lipinski definition) is 1. The Labute approximate surface area is 191 Å². The van der Waals surface area contributed by atoms with Crippen LogP contribution in [0.5, 0.6) is 0 Å². The average molecular weight is 452 g/mol. The van der Waals surface area contributed by atoms with Gasteiger partial charge < -0.3 is 0 Å². The molecule has 0 aliphatic carbocycles. The van der Waals surface area contributed by atoms with Gasteiger partial charge in [-0.2, -0.15) is 0 Å². The van der Waals surface area contributed by atoms with Crippen molar-refractivity contribution in [3.8, 4) is 0 Å². The van der Waals surface area contributed by atoms with Gasteiger partial charge in [0, 0.05) is 6.04 Å². The highest BCUT2D eigenvalue weighted by Crippen LogP contribution is 2.40. The fraction of sp³-hybridized carbons (Fsp3) is 0.333.